The molecule has 0 amide bonds. The summed E-state index contributed by atoms with van der Waals surface area (Å²) in [5.74, 6) is 0. The summed E-state index contributed by atoms with van der Waals surface area (Å²) in [6.45, 7) is 6.10. The van der Waals surface area contributed by atoms with E-state index in [0.717, 1.165) is 6.54 Å². The first-order valence-electron chi connectivity index (χ1n) is 3.94. The van der Waals surface area contributed by atoms with E-state index in [2.05, 4.69) is 5.32 Å². The first-order chi connectivity index (χ1) is 5.66. The molecule has 72 valence electrons. The standard InChI is InChI=1S/C8H15Cl2NO/c1-7(2)12-4-3-11-6-8(10)5-9/h5,7,11H,3-4,6H2,1-2H3. The van der Waals surface area contributed by atoms with Gasteiger partial charge in [-0.15, -0.1) is 0 Å². The average molecular weight is 212 g/mol. The zero-order valence-electron chi connectivity index (χ0n) is 7.44. The molecular weight excluding hydrogens is 197 g/mol. The van der Waals surface area contributed by atoms with Gasteiger partial charge in [0.25, 0.3) is 0 Å². The molecule has 0 bridgehead atoms. The molecule has 4 heteroatoms. The molecule has 0 rings (SSSR count). The van der Waals surface area contributed by atoms with Gasteiger partial charge in [0.05, 0.1) is 12.7 Å². The summed E-state index contributed by atoms with van der Waals surface area (Å²) in [6, 6.07) is 0. The predicted octanol–water partition coefficient (Wildman–Crippen LogP) is 2.32. The minimum atomic E-state index is 0.283. The molecule has 12 heavy (non-hydrogen) atoms. The monoisotopic (exact) mass is 211 g/mol. The van der Waals surface area contributed by atoms with E-state index in [-0.39, 0.29) is 6.10 Å². The van der Waals surface area contributed by atoms with Crippen molar-refractivity contribution in [2.75, 3.05) is 19.7 Å². The minimum absolute atomic E-state index is 0.283. The van der Waals surface area contributed by atoms with E-state index in [1.54, 1.807) is 0 Å². The van der Waals surface area contributed by atoms with Gasteiger partial charge in [0, 0.05) is 23.7 Å². The third-order valence-electron chi connectivity index (χ3n) is 1.14. The van der Waals surface area contributed by atoms with Crippen molar-refractivity contribution in [3.8, 4) is 0 Å². The predicted molar refractivity (Wildman–Crippen MR) is 53.7 cm³/mol. The number of rotatable bonds is 6. The highest BCUT2D eigenvalue weighted by atomic mass is 35.5. The normalized spacial score (nSPS) is 12.6. The largest absolute Gasteiger partial charge is 0.377 e. The van der Waals surface area contributed by atoms with Crippen molar-refractivity contribution in [3.05, 3.63) is 10.6 Å². The Morgan fingerprint density at radius 3 is 2.75 bits per heavy atom. The Labute approximate surface area is 83.9 Å². The summed E-state index contributed by atoms with van der Waals surface area (Å²) in [5.41, 5.74) is 1.36. The lowest BCUT2D eigenvalue weighted by atomic mass is 10.5. The Morgan fingerprint density at radius 1 is 1.58 bits per heavy atom. The van der Waals surface area contributed by atoms with Gasteiger partial charge in [0.1, 0.15) is 0 Å². The van der Waals surface area contributed by atoms with Crippen LogP contribution in [0.3, 0.4) is 0 Å². The van der Waals surface area contributed by atoms with E-state index in [9.17, 15) is 0 Å². The third kappa shape index (κ3) is 8.34. The fourth-order valence-corrected chi connectivity index (χ4v) is 0.785. The van der Waals surface area contributed by atoms with Crippen molar-refractivity contribution < 1.29 is 4.74 Å². The van der Waals surface area contributed by atoms with E-state index in [4.69, 9.17) is 27.9 Å². The average Bonchev–Trinajstić information content (AvgIpc) is 2.03. The minimum Gasteiger partial charge on any atom is -0.377 e. The smallest absolute Gasteiger partial charge is 0.0594 e. The zero-order valence-corrected chi connectivity index (χ0v) is 8.95. The Balaban J connectivity index is 3.11. The first-order valence-corrected chi connectivity index (χ1v) is 4.75. The van der Waals surface area contributed by atoms with Crippen LogP contribution in [-0.2, 0) is 4.74 Å². The lowest BCUT2D eigenvalue weighted by Crippen LogP contribution is -2.22. The van der Waals surface area contributed by atoms with Gasteiger partial charge in [-0.1, -0.05) is 23.2 Å². The van der Waals surface area contributed by atoms with Crippen molar-refractivity contribution in [1.29, 1.82) is 0 Å². The van der Waals surface area contributed by atoms with Gasteiger partial charge < -0.3 is 10.1 Å². The molecule has 0 aliphatic heterocycles. The van der Waals surface area contributed by atoms with Crippen LogP contribution >= 0.6 is 23.2 Å². The van der Waals surface area contributed by atoms with Gasteiger partial charge in [-0.2, -0.15) is 0 Å². The zero-order chi connectivity index (χ0) is 9.40. The van der Waals surface area contributed by atoms with Crippen molar-refractivity contribution in [1.82, 2.24) is 5.32 Å². The summed E-state index contributed by atoms with van der Waals surface area (Å²) >= 11 is 11.0. The fraction of sp³-hybridized carbons (Fsp3) is 0.750. The second kappa shape index (κ2) is 7.87. The Bertz CT molecular complexity index is 137. The van der Waals surface area contributed by atoms with E-state index >= 15 is 0 Å². The van der Waals surface area contributed by atoms with E-state index in [0.29, 0.717) is 18.2 Å². The van der Waals surface area contributed by atoms with Crippen LogP contribution in [-0.4, -0.2) is 25.8 Å². The molecule has 0 saturated carbocycles. The summed E-state index contributed by atoms with van der Waals surface area (Å²) in [7, 11) is 0. The maximum atomic E-state index is 5.63. The quantitative estimate of drug-likeness (QED) is 0.682. The number of hydrogen-bond donors (Lipinski definition) is 1. The number of halogens is 2. The second-order valence-electron chi connectivity index (χ2n) is 2.65. The Morgan fingerprint density at radius 2 is 2.25 bits per heavy atom. The first kappa shape index (κ1) is 12.2. The molecule has 0 aromatic carbocycles. The topological polar surface area (TPSA) is 21.3 Å². The molecule has 0 aliphatic rings. The van der Waals surface area contributed by atoms with Crippen molar-refractivity contribution in [2.45, 2.75) is 20.0 Å². The SMILES string of the molecule is CC(C)OCCNCC(Cl)=CCl. The molecule has 0 aliphatic carbocycles. The molecule has 0 heterocycles. The van der Waals surface area contributed by atoms with Gasteiger partial charge in [-0.05, 0) is 13.8 Å². The molecule has 0 unspecified atom stereocenters. The summed E-state index contributed by atoms with van der Waals surface area (Å²) < 4.78 is 5.30. The molecule has 2 nitrogen and oxygen atoms in total. The van der Waals surface area contributed by atoms with Gasteiger partial charge in [0.2, 0.25) is 0 Å². The highest BCUT2D eigenvalue weighted by Crippen LogP contribution is 1.99. The fourth-order valence-electron chi connectivity index (χ4n) is 0.613. The lowest BCUT2D eigenvalue weighted by Gasteiger charge is -2.07. The van der Waals surface area contributed by atoms with Crippen LogP contribution in [0, 0.1) is 0 Å². The van der Waals surface area contributed by atoms with Gasteiger partial charge in [-0.25, -0.2) is 0 Å². The summed E-state index contributed by atoms with van der Waals surface area (Å²) in [5, 5.41) is 3.69. The molecule has 0 spiro atoms. The maximum absolute atomic E-state index is 5.63. The second-order valence-corrected chi connectivity index (χ2v) is 3.36. The van der Waals surface area contributed by atoms with Crippen molar-refractivity contribution in [3.63, 3.8) is 0 Å². The molecular formula is C8H15Cl2NO. The van der Waals surface area contributed by atoms with Crippen LogP contribution < -0.4 is 5.32 Å². The number of nitrogens with one attached hydrogen (secondary N) is 1. The maximum Gasteiger partial charge on any atom is 0.0594 e. The van der Waals surface area contributed by atoms with Crippen LogP contribution in [0.15, 0.2) is 10.6 Å². The van der Waals surface area contributed by atoms with Gasteiger partial charge in [0.15, 0.2) is 0 Å². The highest BCUT2D eigenvalue weighted by Gasteiger charge is 1.93. The molecule has 0 aromatic heterocycles. The Kier molecular flexibility index (Phi) is 8.02. The van der Waals surface area contributed by atoms with E-state index in [1.165, 1.54) is 5.54 Å². The molecule has 0 atom stereocenters. The van der Waals surface area contributed by atoms with Crippen LogP contribution in [0.4, 0.5) is 0 Å². The molecule has 0 fully saturated rings. The van der Waals surface area contributed by atoms with E-state index < -0.39 is 0 Å². The van der Waals surface area contributed by atoms with Crippen LogP contribution in [0.2, 0.25) is 0 Å². The Hall–Kier alpha value is 0.240. The van der Waals surface area contributed by atoms with Crippen LogP contribution in [0.5, 0.6) is 0 Å². The lowest BCUT2D eigenvalue weighted by molar-refractivity contribution is 0.0813. The van der Waals surface area contributed by atoms with Crippen LogP contribution in [0.25, 0.3) is 0 Å². The molecule has 0 radical (unpaired) electrons. The van der Waals surface area contributed by atoms with Crippen molar-refractivity contribution in [2.24, 2.45) is 0 Å². The van der Waals surface area contributed by atoms with Gasteiger partial charge in [-0.3, -0.25) is 0 Å². The molecule has 0 aromatic rings. The van der Waals surface area contributed by atoms with Gasteiger partial charge >= 0.3 is 0 Å². The van der Waals surface area contributed by atoms with Crippen molar-refractivity contribution >= 4 is 23.2 Å². The number of hydrogen-bond acceptors (Lipinski definition) is 2. The van der Waals surface area contributed by atoms with E-state index in [1.807, 2.05) is 13.8 Å². The number of ether oxygens (including phenoxy) is 1. The third-order valence-corrected chi connectivity index (χ3v) is 1.76. The van der Waals surface area contributed by atoms with Crippen LogP contribution in [0.1, 0.15) is 13.8 Å². The summed E-state index contributed by atoms with van der Waals surface area (Å²) in [4.78, 5) is 0. The highest BCUT2D eigenvalue weighted by molar-refractivity contribution is 6.36. The molecule has 0 saturated heterocycles. The summed E-state index contributed by atoms with van der Waals surface area (Å²) in [6.07, 6.45) is 0.283. The molecule has 1 N–H and O–H groups in total.